The summed E-state index contributed by atoms with van der Waals surface area (Å²) in [5.74, 6) is 0. The van der Waals surface area contributed by atoms with Crippen molar-refractivity contribution in [2.24, 2.45) is 0 Å². The zero-order valence-corrected chi connectivity index (χ0v) is 18.2. The van der Waals surface area contributed by atoms with Gasteiger partial charge in [-0.25, -0.2) is 0 Å². The second kappa shape index (κ2) is 9.71. The van der Waals surface area contributed by atoms with E-state index in [4.69, 9.17) is 0 Å². The topological polar surface area (TPSA) is 17.8 Å². The number of halogens is 3. The fraction of sp³-hybridized carbons (Fsp3) is 0.812. The molecule has 0 amide bonds. The summed E-state index contributed by atoms with van der Waals surface area (Å²) in [7, 11) is 0. The fourth-order valence-corrected chi connectivity index (χ4v) is 4.27. The van der Waals surface area contributed by atoms with E-state index in [1.165, 1.54) is 57.8 Å². The Bertz CT molecular complexity index is 431. The number of unbranched alkanes of at least 4 members (excludes halogenated alkanes) is 5. The Morgan fingerprint density at radius 1 is 0.905 bits per heavy atom. The molecule has 0 aromatic carbocycles. The minimum atomic E-state index is 0.0929. The fourth-order valence-electron chi connectivity index (χ4n) is 2.72. The molecule has 1 unspecified atom stereocenters. The van der Waals surface area contributed by atoms with Crippen LogP contribution in [-0.4, -0.2) is 9.78 Å². The molecule has 1 aromatic rings. The molecule has 122 valence electrons. The van der Waals surface area contributed by atoms with Gasteiger partial charge in [0.1, 0.15) is 9.21 Å². The molecule has 0 aliphatic heterocycles. The maximum absolute atomic E-state index is 4.69. The molecule has 0 bridgehead atoms. The van der Waals surface area contributed by atoms with Gasteiger partial charge in [-0.05, 0) is 67.6 Å². The summed E-state index contributed by atoms with van der Waals surface area (Å²) in [4.78, 5) is 0. The van der Waals surface area contributed by atoms with Crippen molar-refractivity contribution in [1.29, 1.82) is 0 Å². The molecule has 0 N–H and O–H groups in total. The largest absolute Gasteiger partial charge is 0.250 e. The van der Waals surface area contributed by atoms with Gasteiger partial charge in [-0.15, -0.1) is 0 Å². The molecule has 0 saturated carbocycles. The van der Waals surface area contributed by atoms with Crippen molar-refractivity contribution < 1.29 is 0 Å². The Hall–Kier alpha value is 0.650. The third kappa shape index (κ3) is 5.65. The standard InChI is InChI=1S/C16H27Br3N2/c1-4-6-8-9-10-12-16(3,11-7-5-2)21-15(19)13(17)14(18)20-21/h4-12H2,1-3H3. The van der Waals surface area contributed by atoms with Gasteiger partial charge in [0.05, 0.1) is 10.0 Å². The Morgan fingerprint density at radius 2 is 1.48 bits per heavy atom. The lowest BCUT2D eigenvalue weighted by molar-refractivity contribution is 0.224. The average molecular weight is 487 g/mol. The molecule has 0 aliphatic carbocycles. The highest BCUT2D eigenvalue weighted by molar-refractivity contribution is 9.14. The van der Waals surface area contributed by atoms with Gasteiger partial charge in [-0.3, -0.25) is 4.68 Å². The summed E-state index contributed by atoms with van der Waals surface area (Å²) >= 11 is 10.8. The lowest BCUT2D eigenvalue weighted by Gasteiger charge is -2.31. The summed E-state index contributed by atoms with van der Waals surface area (Å²) in [6.07, 6.45) is 11.5. The molecule has 0 fully saturated rings. The van der Waals surface area contributed by atoms with Crippen molar-refractivity contribution in [3.8, 4) is 0 Å². The van der Waals surface area contributed by atoms with Crippen LogP contribution in [0.4, 0.5) is 0 Å². The maximum atomic E-state index is 4.69. The highest BCUT2D eigenvalue weighted by Gasteiger charge is 2.30. The molecule has 1 heterocycles. The zero-order chi connectivity index (χ0) is 15.9. The van der Waals surface area contributed by atoms with Gasteiger partial charge in [-0.1, -0.05) is 58.8 Å². The van der Waals surface area contributed by atoms with Gasteiger partial charge in [0, 0.05) is 0 Å². The normalized spacial score (nSPS) is 14.4. The minimum absolute atomic E-state index is 0.0929. The van der Waals surface area contributed by atoms with Crippen molar-refractivity contribution in [2.75, 3.05) is 0 Å². The minimum Gasteiger partial charge on any atom is -0.250 e. The van der Waals surface area contributed by atoms with Gasteiger partial charge < -0.3 is 0 Å². The molecular weight excluding hydrogens is 460 g/mol. The number of hydrogen-bond donors (Lipinski definition) is 0. The van der Waals surface area contributed by atoms with E-state index in [2.05, 4.69) is 78.3 Å². The molecule has 5 heteroatoms. The Balaban J connectivity index is 2.79. The van der Waals surface area contributed by atoms with Crippen LogP contribution >= 0.6 is 47.8 Å². The predicted octanol–water partition coefficient (Wildman–Crippen LogP) is 7.44. The van der Waals surface area contributed by atoms with Crippen LogP contribution in [0.25, 0.3) is 0 Å². The first-order chi connectivity index (χ1) is 9.96. The Kier molecular flexibility index (Phi) is 9.11. The molecular formula is C16H27Br3N2. The van der Waals surface area contributed by atoms with Gasteiger partial charge in [-0.2, -0.15) is 5.10 Å². The quantitative estimate of drug-likeness (QED) is 0.314. The smallest absolute Gasteiger partial charge is 0.143 e. The van der Waals surface area contributed by atoms with E-state index in [0.29, 0.717) is 0 Å². The average Bonchev–Trinajstić information content (AvgIpc) is 2.73. The van der Waals surface area contributed by atoms with E-state index in [0.717, 1.165) is 13.7 Å². The van der Waals surface area contributed by atoms with Crippen LogP contribution in [0, 0.1) is 0 Å². The lowest BCUT2D eigenvalue weighted by atomic mass is 9.89. The van der Waals surface area contributed by atoms with Crippen molar-refractivity contribution in [2.45, 2.75) is 84.1 Å². The Labute approximate surface area is 154 Å². The van der Waals surface area contributed by atoms with Crippen LogP contribution in [0.15, 0.2) is 13.7 Å². The highest BCUT2D eigenvalue weighted by atomic mass is 79.9. The number of hydrogen-bond acceptors (Lipinski definition) is 1. The van der Waals surface area contributed by atoms with Crippen molar-refractivity contribution in [3.63, 3.8) is 0 Å². The van der Waals surface area contributed by atoms with Gasteiger partial charge in [0.2, 0.25) is 0 Å². The van der Waals surface area contributed by atoms with E-state index in [1.807, 2.05) is 0 Å². The lowest BCUT2D eigenvalue weighted by Crippen LogP contribution is -2.31. The van der Waals surface area contributed by atoms with Gasteiger partial charge in [0.15, 0.2) is 0 Å². The monoisotopic (exact) mass is 484 g/mol. The molecule has 1 atom stereocenters. The van der Waals surface area contributed by atoms with E-state index < -0.39 is 0 Å². The molecule has 2 nitrogen and oxygen atoms in total. The third-order valence-corrected chi connectivity index (χ3v) is 7.24. The van der Waals surface area contributed by atoms with Crippen LogP contribution < -0.4 is 0 Å². The van der Waals surface area contributed by atoms with E-state index in [9.17, 15) is 0 Å². The number of rotatable bonds is 10. The van der Waals surface area contributed by atoms with Crippen LogP contribution in [0.2, 0.25) is 0 Å². The zero-order valence-electron chi connectivity index (χ0n) is 13.4. The van der Waals surface area contributed by atoms with Crippen molar-refractivity contribution >= 4 is 47.8 Å². The van der Waals surface area contributed by atoms with Crippen LogP contribution in [0.1, 0.15) is 78.6 Å². The first-order valence-electron chi connectivity index (χ1n) is 8.06. The van der Waals surface area contributed by atoms with Gasteiger partial charge in [0.25, 0.3) is 0 Å². The maximum Gasteiger partial charge on any atom is 0.143 e. The molecule has 0 spiro atoms. The first kappa shape index (κ1) is 19.7. The second-order valence-electron chi connectivity index (χ2n) is 6.07. The molecule has 0 radical (unpaired) electrons. The SMILES string of the molecule is CCCCCCCC(C)(CCCC)n1nc(Br)c(Br)c1Br. The highest BCUT2D eigenvalue weighted by Crippen LogP contribution is 2.38. The van der Waals surface area contributed by atoms with Crippen molar-refractivity contribution in [1.82, 2.24) is 9.78 Å². The summed E-state index contributed by atoms with van der Waals surface area (Å²) in [5, 5.41) is 4.69. The summed E-state index contributed by atoms with van der Waals surface area (Å²) in [6, 6.07) is 0. The van der Waals surface area contributed by atoms with Gasteiger partial charge >= 0.3 is 0 Å². The summed E-state index contributed by atoms with van der Waals surface area (Å²) < 4.78 is 5.09. The van der Waals surface area contributed by atoms with Crippen LogP contribution in [0.5, 0.6) is 0 Å². The second-order valence-corrected chi connectivity index (χ2v) is 8.37. The van der Waals surface area contributed by atoms with Crippen LogP contribution in [-0.2, 0) is 5.54 Å². The predicted molar refractivity (Wildman–Crippen MR) is 102 cm³/mol. The summed E-state index contributed by atoms with van der Waals surface area (Å²) in [5.41, 5.74) is 0.0929. The number of aromatic nitrogens is 2. The molecule has 0 aliphatic rings. The van der Waals surface area contributed by atoms with Crippen molar-refractivity contribution in [3.05, 3.63) is 13.7 Å². The van der Waals surface area contributed by atoms with E-state index in [-0.39, 0.29) is 5.54 Å². The third-order valence-electron chi connectivity index (χ3n) is 4.14. The summed E-state index contributed by atoms with van der Waals surface area (Å²) in [6.45, 7) is 6.87. The Morgan fingerprint density at radius 3 is 2.00 bits per heavy atom. The number of nitrogens with zero attached hydrogens (tertiary/aromatic N) is 2. The molecule has 1 rings (SSSR count). The molecule has 1 aromatic heterocycles. The van der Waals surface area contributed by atoms with E-state index in [1.54, 1.807) is 0 Å². The van der Waals surface area contributed by atoms with E-state index >= 15 is 0 Å². The first-order valence-corrected chi connectivity index (χ1v) is 10.4. The molecule has 0 saturated heterocycles. The molecule has 21 heavy (non-hydrogen) atoms. The van der Waals surface area contributed by atoms with Crippen LogP contribution in [0.3, 0.4) is 0 Å².